The van der Waals surface area contributed by atoms with E-state index in [1.165, 1.54) is 16.7 Å². The molecular formula is C18H16N2O4S. The van der Waals surface area contributed by atoms with Gasteiger partial charge in [0, 0.05) is 0 Å². The Morgan fingerprint density at radius 3 is 2.48 bits per heavy atom. The van der Waals surface area contributed by atoms with Crippen LogP contribution in [0.1, 0.15) is 6.42 Å². The Morgan fingerprint density at radius 2 is 1.88 bits per heavy atom. The fourth-order valence-electron chi connectivity index (χ4n) is 2.41. The van der Waals surface area contributed by atoms with Crippen molar-refractivity contribution >= 4 is 40.2 Å². The number of carbonyl (C=O) groups is 2. The zero-order chi connectivity index (χ0) is 17.8. The highest BCUT2D eigenvalue weighted by Crippen LogP contribution is 2.35. The normalized spacial score (nSPS) is 18.6. The average Bonchev–Trinajstić information content (AvgIpc) is 2.91. The van der Waals surface area contributed by atoms with Crippen LogP contribution in [0.3, 0.4) is 0 Å². The van der Waals surface area contributed by atoms with Crippen LogP contribution in [0.25, 0.3) is 0 Å². The summed E-state index contributed by atoms with van der Waals surface area (Å²) in [6.45, 7) is 0. The van der Waals surface area contributed by atoms with Crippen LogP contribution in [0, 0.1) is 0 Å². The minimum Gasteiger partial charge on any atom is -0.497 e. The number of amides is 1. The number of ether oxygens (including phenoxy) is 1. The summed E-state index contributed by atoms with van der Waals surface area (Å²) in [5.74, 6) is -0.571. The molecule has 2 aromatic rings. The first-order valence-corrected chi connectivity index (χ1v) is 8.46. The standard InChI is InChI=1S/C18H16N2O4S/c1-24-14-9-7-12(8-10-14)19-18-20(13-5-3-2-4-6-13)17(23)15(25-18)11-16(21)22/h2-10,15H,11H2,1H3,(H,21,22)/t15-/m0/s1. The summed E-state index contributed by atoms with van der Waals surface area (Å²) >= 11 is 1.17. The Kier molecular flexibility index (Phi) is 5.04. The molecule has 0 unspecified atom stereocenters. The van der Waals surface area contributed by atoms with Crippen molar-refractivity contribution in [2.45, 2.75) is 11.7 Å². The predicted octanol–water partition coefficient (Wildman–Crippen LogP) is 3.31. The van der Waals surface area contributed by atoms with E-state index >= 15 is 0 Å². The zero-order valence-corrected chi connectivity index (χ0v) is 14.3. The van der Waals surface area contributed by atoms with E-state index in [2.05, 4.69) is 4.99 Å². The second kappa shape index (κ2) is 7.40. The molecule has 1 fully saturated rings. The number of carboxylic acids is 1. The summed E-state index contributed by atoms with van der Waals surface area (Å²) in [6, 6.07) is 16.2. The number of aliphatic carboxylic acids is 1. The van der Waals surface area contributed by atoms with Crippen LogP contribution in [0.4, 0.5) is 11.4 Å². The number of rotatable bonds is 5. The van der Waals surface area contributed by atoms with Crippen LogP contribution in [-0.4, -0.2) is 34.5 Å². The number of hydrogen-bond acceptors (Lipinski definition) is 5. The molecule has 25 heavy (non-hydrogen) atoms. The van der Waals surface area contributed by atoms with Gasteiger partial charge in [-0.15, -0.1) is 0 Å². The first kappa shape index (κ1) is 17.0. The van der Waals surface area contributed by atoms with Gasteiger partial charge >= 0.3 is 5.97 Å². The molecule has 0 saturated carbocycles. The van der Waals surface area contributed by atoms with Crippen LogP contribution in [-0.2, 0) is 9.59 Å². The van der Waals surface area contributed by atoms with Gasteiger partial charge in [-0.1, -0.05) is 30.0 Å². The van der Waals surface area contributed by atoms with E-state index in [0.29, 0.717) is 22.3 Å². The van der Waals surface area contributed by atoms with Gasteiger partial charge in [0.1, 0.15) is 11.0 Å². The molecule has 128 valence electrons. The highest BCUT2D eigenvalue weighted by atomic mass is 32.2. The van der Waals surface area contributed by atoms with Crippen molar-refractivity contribution in [1.29, 1.82) is 0 Å². The maximum Gasteiger partial charge on any atom is 0.305 e. The number of benzene rings is 2. The van der Waals surface area contributed by atoms with Crippen molar-refractivity contribution in [3.63, 3.8) is 0 Å². The van der Waals surface area contributed by atoms with Crippen molar-refractivity contribution in [2.75, 3.05) is 12.0 Å². The molecule has 1 aliphatic rings. The van der Waals surface area contributed by atoms with Crippen molar-refractivity contribution in [2.24, 2.45) is 4.99 Å². The summed E-state index contributed by atoms with van der Waals surface area (Å²) in [5.41, 5.74) is 1.33. The Balaban J connectivity index is 1.96. The molecule has 1 amide bonds. The molecule has 1 atom stereocenters. The number of anilines is 1. The van der Waals surface area contributed by atoms with Gasteiger partial charge in [0.2, 0.25) is 5.91 Å². The number of thioether (sulfide) groups is 1. The maximum absolute atomic E-state index is 12.7. The molecule has 7 heteroatoms. The summed E-state index contributed by atoms with van der Waals surface area (Å²) in [7, 11) is 1.58. The summed E-state index contributed by atoms with van der Waals surface area (Å²) in [5, 5.41) is 8.82. The third-order valence-corrected chi connectivity index (χ3v) is 4.74. The molecule has 0 aliphatic carbocycles. The fourth-order valence-corrected chi connectivity index (χ4v) is 3.56. The lowest BCUT2D eigenvalue weighted by Gasteiger charge is -2.16. The smallest absolute Gasteiger partial charge is 0.305 e. The van der Waals surface area contributed by atoms with E-state index in [-0.39, 0.29) is 12.3 Å². The van der Waals surface area contributed by atoms with Crippen LogP contribution in [0.2, 0.25) is 0 Å². The molecule has 0 radical (unpaired) electrons. The first-order valence-electron chi connectivity index (χ1n) is 7.58. The highest BCUT2D eigenvalue weighted by Gasteiger charge is 2.40. The maximum atomic E-state index is 12.7. The SMILES string of the molecule is COc1ccc(N=C2S[C@@H](CC(=O)O)C(=O)N2c2ccccc2)cc1. The van der Waals surface area contributed by atoms with Crippen molar-refractivity contribution in [1.82, 2.24) is 0 Å². The molecular weight excluding hydrogens is 340 g/mol. The Hall–Kier alpha value is -2.80. The van der Waals surface area contributed by atoms with E-state index < -0.39 is 11.2 Å². The monoisotopic (exact) mass is 356 g/mol. The third kappa shape index (κ3) is 3.83. The number of carbonyl (C=O) groups excluding carboxylic acids is 1. The number of carboxylic acid groups (broad SMARTS) is 1. The molecule has 3 rings (SSSR count). The van der Waals surface area contributed by atoms with Gasteiger partial charge in [0.05, 0.1) is 24.9 Å². The lowest BCUT2D eigenvalue weighted by molar-refractivity contribution is -0.138. The molecule has 1 heterocycles. The van der Waals surface area contributed by atoms with Crippen LogP contribution < -0.4 is 9.64 Å². The zero-order valence-electron chi connectivity index (χ0n) is 13.5. The number of hydrogen-bond donors (Lipinski definition) is 1. The number of amidine groups is 1. The largest absolute Gasteiger partial charge is 0.497 e. The summed E-state index contributed by atoms with van der Waals surface area (Å²) in [4.78, 5) is 29.7. The van der Waals surface area contributed by atoms with Crippen LogP contribution >= 0.6 is 11.8 Å². The molecule has 0 bridgehead atoms. The van der Waals surface area contributed by atoms with Gasteiger partial charge in [-0.2, -0.15) is 0 Å². The Bertz CT molecular complexity index is 806. The lowest BCUT2D eigenvalue weighted by Crippen LogP contribution is -2.32. The summed E-state index contributed by atoms with van der Waals surface area (Å²) in [6.07, 6.45) is -0.242. The Morgan fingerprint density at radius 1 is 1.20 bits per heavy atom. The highest BCUT2D eigenvalue weighted by molar-refractivity contribution is 8.16. The topological polar surface area (TPSA) is 79.2 Å². The number of para-hydroxylation sites is 1. The molecule has 1 N–H and O–H groups in total. The lowest BCUT2D eigenvalue weighted by atomic mass is 10.2. The minimum absolute atomic E-state index is 0.242. The second-order valence-electron chi connectivity index (χ2n) is 5.31. The third-order valence-electron chi connectivity index (χ3n) is 3.61. The van der Waals surface area contributed by atoms with E-state index in [1.807, 2.05) is 18.2 Å². The van der Waals surface area contributed by atoms with E-state index in [1.54, 1.807) is 43.5 Å². The van der Waals surface area contributed by atoms with E-state index in [4.69, 9.17) is 9.84 Å². The van der Waals surface area contributed by atoms with E-state index in [0.717, 1.165) is 0 Å². The molecule has 1 saturated heterocycles. The first-order chi connectivity index (χ1) is 12.1. The van der Waals surface area contributed by atoms with Gasteiger partial charge in [-0.3, -0.25) is 14.5 Å². The van der Waals surface area contributed by atoms with Crippen LogP contribution in [0.5, 0.6) is 5.75 Å². The molecule has 2 aromatic carbocycles. The number of aliphatic imine (C=N–C) groups is 1. The molecule has 0 aromatic heterocycles. The average molecular weight is 356 g/mol. The van der Waals surface area contributed by atoms with Gasteiger partial charge in [-0.25, -0.2) is 4.99 Å². The van der Waals surface area contributed by atoms with Gasteiger partial charge < -0.3 is 9.84 Å². The van der Waals surface area contributed by atoms with Gasteiger partial charge in [0.15, 0.2) is 5.17 Å². The summed E-state index contributed by atoms with van der Waals surface area (Å²) < 4.78 is 5.12. The quantitative estimate of drug-likeness (QED) is 0.889. The predicted molar refractivity (Wildman–Crippen MR) is 97.6 cm³/mol. The number of methoxy groups -OCH3 is 1. The van der Waals surface area contributed by atoms with E-state index in [9.17, 15) is 9.59 Å². The number of nitrogens with zero attached hydrogens (tertiary/aromatic N) is 2. The van der Waals surface area contributed by atoms with Crippen molar-refractivity contribution < 1.29 is 19.4 Å². The fraction of sp³-hybridized carbons (Fsp3) is 0.167. The minimum atomic E-state index is -1.01. The molecule has 6 nitrogen and oxygen atoms in total. The van der Waals surface area contributed by atoms with Crippen molar-refractivity contribution in [3.8, 4) is 5.75 Å². The molecule has 1 aliphatic heterocycles. The van der Waals surface area contributed by atoms with Crippen molar-refractivity contribution in [3.05, 3.63) is 54.6 Å². The Labute approximate surface area is 149 Å². The van der Waals surface area contributed by atoms with Gasteiger partial charge in [0.25, 0.3) is 0 Å². The second-order valence-corrected chi connectivity index (χ2v) is 6.48. The molecule has 0 spiro atoms. The van der Waals surface area contributed by atoms with Gasteiger partial charge in [-0.05, 0) is 36.4 Å². The van der Waals surface area contributed by atoms with Crippen LogP contribution in [0.15, 0.2) is 59.6 Å².